The van der Waals surface area contributed by atoms with Crippen molar-refractivity contribution in [1.29, 1.82) is 0 Å². The number of hydrogen-bond donors (Lipinski definition) is 0. The Balaban J connectivity index is 1.31. The van der Waals surface area contributed by atoms with Crippen LogP contribution >= 0.6 is 15.9 Å². The third-order valence-corrected chi connectivity index (χ3v) is 7.76. The van der Waals surface area contributed by atoms with Crippen molar-refractivity contribution in [1.82, 2.24) is 9.66 Å². The van der Waals surface area contributed by atoms with Crippen molar-refractivity contribution >= 4 is 54.8 Å². The highest BCUT2D eigenvalue weighted by atomic mass is 79.9. The largest absolute Gasteiger partial charge is 0.496 e. The van der Waals surface area contributed by atoms with Gasteiger partial charge in [0.15, 0.2) is 5.76 Å². The van der Waals surface area contributed by atoms with Gasteiger partial charge in [-0.1, -0.05) is 76.6 Å². The van der Waals surface area contributed by atoms with E-state index in [2.05, 4.69) is 45.3 Å². The van der Waals surface area contributed by atoms with Gasteiger partial charge in [-0.2, -0.15) is 9.78 Å². The molecule has 0 aliphatic rings. The first-order valence-electron chi connectivity index (χ1n) is 13.6. The molecule has 8 heteroatoms. The number of hydrogen-bond acceptors (Lipinski definition) is 6. The van der Waals surface area contributed by atoms with Crippen LogP contribution in [0.3, 0.4) is 0 Å². The van der Waals surface area contributed by atoms with Crippen molar-refractivity contribution in [2.45, 2.75) is 6.61 Å². The standard InChI is InChI=1S/C35H24BrN3O4/c1-41-31-14-7-15-32-28(31)19-33(43-32)34-38-29-13-5-4-12-27(29)35(40)39(34)37-20-24-18-25(36)16-17-30(24)42-21-23-10-6-9-22-8-2-3-11-26(22)23/h2-20H,21H2,1H3. The number of para-hydroxylation sites is 1. The van der Waals surface area contributed by atoms with Crippen LogP contribution in [0.2, 0.25) is 0 Å². The Hall–Kier alpha value is -5.21. The van der Waals surface area contributed by atoms with Crippen molar-refractivity contribution in [2.75, 3.05) is 7.11 Å². The maximum atomic E-state index is 13.8. The zero-order valence-corrected chi connectivity index (χ0v) is 24.6. The van der Waals surface area contributed by atoms with E-state index in [1.54, 1.807) is 31.5 Å². The molecule has 2 aromatic heterocycles. The summed E-state index contributed by atoms with van der Waals surface area (Å²) in [6, 6.07) is 34.6. The van der Waals surface area contributed by atoms with Crippen molar-refractivity contribution in [3.63, 3.8) is 0 Å². The van der Waals surface area contributed by atoms with Gasteiger partial charge in [-0.3, -0.25) is 4.79 Å². The Labute approximate surface area is 254 Å². The van der Waals surface area contributed by atoms with E-state index < -0.39 is 0 Å². The first-order valence-corrected chi connectivity index (χ1v) is 14.4. The predicted octanol–water partition coefficient (Wildman–Crippen LogP) is 8.20. The Morgan fingerprint density at radius 3 is 2.53 bits per heavy atom. The summed E-state index contributed by atoms with van der Waals surface area (Å²) in [7, 11) is 1.61. The molecule has 2 heterocycles. The molecule has 7 nitrogen and oxygen atoms in total. The van der Waals surface area contributed by atoms with Gasteiger partial charge in [0.1, 0.15) is 23.7 Å². The van der Waals surface area contributed by atoms with Crippen LogP contribution < -0.4 is 15.0 Å². The minimum Gasteiger partial charge on any atom is -0.496 e. The molecule has 0 fully saturated rings. The Bertz CT molecular complexity index is 2230. The average molecular weight is 630 g/mol. The zero-order valence-electron chi connectivity index (χ0n) is 23.0. The topological polar surface area (TPSA) is 78.9 Å². The summed E-state index contributed by atoms with van der Waals surface area (Å²) < 4.78 is 20.1. The fourth-order valence-electron chi connectivity index (χ4n) is 5.16. The third-order valence-electron chi connectivity index (χ3n) is 7.26. The van der Waals surface area contributed by atoms with Crippen LogP contribution in [0.4, 0.5) is 0 Å². The van der Waals surface area contributed by atoms with Gasteiger partial charge in [-0.15, -0.1) is 0 Å². The molecule has 43 heavy (non-hydrogen) atoms. The Morgan fingerprint density at radius 2 is 1.65 bits per heavy atom. The summed E-state index contributed by atoms with van der Waals surface area (Å²) >= 11 is 3.56. The third kappa shape index (κ3) is 5.06. The van der Waals surface area contributed by atoms with E-state index in [0.717, 1.165) is 26.2 Å². The highest BCUT2D eigenvalue weighted by molar-refractivity contribution is 9.10. The van der Waals surface area contributed by atoms with Gasteiger partial charge in [0.2, 0.25) is 5.82 Å². The molecule has 0 amide bonds. The molecular formula is C35H24BrN3O4. The Kier molecular flexibility index (Phi) is 6.96. The Morgan fingerprint density at radius 1 is 0.860 bits per heavy atom. The minimum absolute atomic E-state index is 0.270. The number of rotatable bonds is 7. The lowest BCUT2D eigenvalue weighted by Crippen LogP contribution is -2.20. The van der Waals surface area contributed by atoms with Crippen molar-refractivity contribution < 1.29 is 13.9 Å². The van der Waals surface area contributed by atoms with E-state index in [4.69, 9.17) is 18.9 Å². The van der Waals surface area contributed by atoms with Gasteiger partial charge in [-0.25, -0.2) is 4.98 Å². The van der Waals surface area contributed by atoms with Gasteiger partial charge in [0.05, 0.1) is 29.6 Å². The SMILES string of the molecule is COc1cccc2oc(-c3nc4ccccc4c(=O)n3N=Cc3cc(Br)ccc3OCc3cccc4ccccc34)cc12. The lowest BCUT2D eigenvalue weighted by atomic mass is 10.1. The summed E-state index contributed by atoms with van der Waals surface area (Å²) in [5, 5.41) is 8.15. The second-order valence-corrected chi connectivity index (χ2v) is 10.8. The van der Waals surface area contributed by atoms with Crippen LogP contribution in [0.1, 0.15) is 11.1 Å². The summed E-state index contributed by atoms with van der Waals surface area (Å²) in [6.45, 7) is 0.368. The molecule has 0 aliphatic carbocycles. The van der Waals surface area contributed by atoms with E-state index in [-0.39, 0.29) is 11.4 Å². The van der Waals surface area contributed by atoms with Gasteiger partial charge >= 0.3 is 0 Å². The fraction of sp³-hybridized carbons (Fsp3) is 0.0571. The number of methoxy groups -OCH3 is 1. The normalized spacial score (nSPS) is 11.6. The van der Waals surface area contributed by atoms with Crippen molar-refractivity contribution in [3.8, 4) is 23.1 Å². The smallest absolute Gasteiger partial charge is 0.282 e. The molecule has 0 radical (unpaired) electrons. The minimum atomic E-state index is -0.322. The summed E-state index contributed by atoms with van der Waals surface area (Å²) in [4.78, 5) is 18.6. The van der Waals surface area contributed by atoms with Gasteiger partial charge in [0, 0.05) is 10.0 Å². The molecule has 0 aliphatic heterocycles. The highest BCUT2D eigenvalue weighted by Gasteiger charge is 2.18. The molecule has 210 valence electrons. The van der Waals surface area contributed by atoms with E-state index >= 15 is 0 Å². The highest BCUT2D eigenvalue weighted by Crippen LogP contribution is 2.33. The first kappa shape index (κ1) is 26.7. The molecular weight excluding hydrogens is 606 g/mol. The van der Waals surface area contributed by atoms with Gasteiger partial charge in [0.25, 0.3) is 5.56 Å². The molecule has 0 unspecified atom stereocenters. The molecule has 0 atom stereocenters. The lowest BCUT2D eigenvalue weighted by Gasteiger charge is -2.12. The predicted molar refractivity (Wildman–Crippen MR) is 173 cm³/mol. The molecule has 0 bridgehead atoms. The molecule has 0 saturated heterocycles. The zero-order chi connectivity index (χ0) is 29.3. The average Bonchev–Trinajstić information content (AvgIpc) is 3.48. The number of fused-ring (bicyclic) bond motifs is 3. The van der Waals surface area contributed by atoms with Crippen LogP contribution in [0.5, 0.6) is 11.5 Å². The maximum absolute atomic E-state index is 13.8. The van der Waals surface area contributed by atoms with E-state index in [9.17, 15) is 4.79 Å². The molecule has 7 aromatic rings. The first-order chi connectivity index (χ1) is 21.1. The van der Waals surface area contributed by atoms with Gasteiger partial charge < -0.3 is 13.9 Å². The van der Waals surface area contributed by atoms with E-state index in [1.165, 1.54) is 4.68 Å². The number of aromatic nitrogens is 2. The van der Waals surface area contributed by atoms with Crippen molar-refractivity contribution in [2.24, 2.45) is 5.10 Å². The second kappa shape index (κ2) is 11.2. The summed E-state index contributed by atoms with van der Waals surface area (Å²) in [5.74, 6) is 1.94. The van der Waals surface area contributed by atoms with Crippen LogP contribution in [-0.4, -0.2) is 23.0 Å². The molecule has 5 aromatic carbocycles. The second-order valence-electron chi connectivity index (χ2n) is 9.91. The quantitative estimate of drug-likeness (QED) is 0.166. The van der Waals surface area contributed by atoms with Crippen LogP contribution in [-0.2, 0) is 6.61 Å². The lowest BCUT2D eigenvalue weighted by molar-refractivity contribution is 0.307. The molecule has 7 rings (SSSR count). The molecule has 0 spiro atoms. The van der Waals surface area contributed by atoms with Crippen LogP contribution in [0, 0.1) is 0 Å². The fourth-order valence-corrected chi connectivity index (χ4v) is 5.54. The van der Waals surface area contributed by atoms with Crippen LogP contribution in [0.15, 0.2) is 128 Å². The molecule has 0 N–H and O–H groups in total. The summed E-state index contributed by atoms with van der Waals surface area (Å²) in [5.41, 5.74) is 2.59. The summed E-state index contributed by atoms with van der Waals surface area (Å²) in [6.07, 6.45) is 1.60. The van der Waals surface area contributed by atoms with E-state index in [1.807, 2.05) is 66.7 Å². The number of halogens is 1. The van der Waals surface area contributed by atoms with Crippen LogP contribution in [0.25, 0.3) is 44.2 Å². The molecule has 0 saturated carbocycles. The monoisotopic (exact) mass is 629 g/mol. The number of benzene rings is 5. The number of furan rings is 1. The number of nitrogens with zero attached hydrogens (tertiary/aromatic N) is 3. The van der Waals surface area contributed by atoms with E-state index in [0.29, 0.717) is 45.9 Å². The van der Waals surface area contributed by atoms with Gasteiger partial charge in [-0.05, 0) is 64.9 Å². The maximum Gasteiger partial charge on any atom is 0.282 e. The number of ether oxygens (including phenoxy) is 2. The van der Waals surface area contributed by atoms with Crippen molar-refractivity contribution in [3.05, 3.63) is 135 Å².